The standard InChI is InChI=1S/C12H17N3O3/c16-10-4-3-9(11(17)14-10)15-6-5-8(12(15)18)13-7-1-2-7/h7-9,13H,1-6H2,(H,14,16,17). The van der Waals surface area contributed by atoms with Crippen LogP contribution in [0, 0.1) is 0 Å². The average Bonchev–Trinajstić information content (AvgIpc) is 3.07. The van der Waals surface area contributed by atoms with Gasteiger partial charge in [-0.1, -0.05) is 0 Å². The summed E-state index contributed by atoms with van der Waals surface area (Å²) in [5, 5.41) is 5.61. The molecule has 2 unspecified atom stereocenters. The Kier molecular flexibility index (Phi) is 2.81. The minimum atomic E-state index is -0.457. The summed E-state index contributed by atoms with van der Waals surface area (Å²) in [7, 11) is 0. The van der Waals surface area contributed by atoms with Crippen LogP contribution in [0.4, 0.5) is 0 Å². The lowest BCUT2D eigenvalue weighted by Crippen LogP contribution is -2.54. The zero-order valence-electron chi connectivity index (χ0n) is 10.1. The molecular formula is C12H17N3O3. The second kappa shape index (κ2) is 4.35. The van der Waals surface area contributed by atoms with Crippen LogP contribution in [-0.4, -0.2) is 47.3 Å². The number of carbonyl (C=O) groups excluding carboxylic acids is 3. The molecule has 3 rings (SSSR count). The fourth-order valence-corrected chi connectivity index (χ4v) is 2.68. The fourth-order valence-electron chi connectivity index (χ4n) is 2.68. The minimum Gasteiger partial charge on any atom is -0.329 e. The van der Waals surface area contributed by atoms with Crippen molar-refractivity contribution in [3.8, 4) is 0 Å². The van der Waals surface area contributed by atoms with E-state index in [2.05, 4.69) is 10.6 Å². The van der Waals surface area contributed by atoms with E-state index >= 15 is 0 Å². The first-order chi connectivity index (χ1) is 8.65. The fraction of sp³-hybridized carbons (Fsp3) is 0.750. The van der Waals surface area contributed by atoms with Gasteiger partial charge in [-0.05, 0) is 25.7 Å². The Morgan fingerprint density at radius 2 is 1.89 bits per heavy atom. The van der Waals surface area contributed by atoms with E-state index in [0.29, 0.717) is 25.4 Å². The Hall–Kier alpha value is -1.43. The van der Waals surface area contributed by atoms with Crippen LogP contribution in [-0.2, 0) is 14.4 Å². The summed E-state index contributed by atoms with van der Waals surface area (Å²) in [6, 6.07) is -0.107. The quantitative estimate of drug-likeness (QED) is 0.640. The van der Waals surface area contributed by atoms with Crippen LogP contribution in [0.3, 0.4) is 0 Å². The summed E-state index contributed by atoms with van der Waals surface area (Å²) in [6.45, 7) is 0.607. The Morgan fingerprint density at radius 3 is 2.56 bits per heavy atom. The highest BCUT2D eigenvalue weighted by Crippen LogP contribution is 2.24. The lowest BCUT2D eigenvalue weighted by Gasteiger charge is -2.29. The third-order valence-corrected chi connectivity index (χ3v) is 3.84. The van der Waals surface area contributed by atoms with Gasteiger partial charge in [0, 0.05) is 19.0 Å². The number of nitrogens with zero attached hydrogens (tertiary/aromatic N) is 1. The second-order valence-electron chi connectivity index (χ2n) is 5.28. The maximum Gasteiger partial charge on any atom is 0.249 e. The van der Waals surface area contributed by atoms with Gasteiger partial charge in [-0.25, -0.2) is 0 Å². The van der Waals surface area contributed by atoms with Gasteiger partial charge in [-0.15, -0.1) is 0 Å². The Labute approximate surface area is 105 Å². The molecule has 2 N–H and O–H groups in total. The Balaban J connectivity index is 1.64. The molecule has 0 bridgehead atoms. The first-order valence-corrected chi connectivity index (χ1v) is 6.55. The van der Waals surface area contributed by atoms with Gasteiger partial charge in [0.25, 0.3) is 0 Å². The summed E-state index contributed by atoms with van der Waals surface area (Å²) in [5.41, 5.74) is 0. The van der Waals surface area contributed by atoms with Crippen molar-refractivity contribution < 1.29 is 14.4 Å². The van der Waals surface area contributed by atoms with Crippen LogP contribution in [0.15, 0.2) is 0 Å². The number of hydrogen-bond acceptors (Lipinski definition) is 4. The number of likely N-dealkylation sites (tertiary alicyclic amines) is 1. The van der Waals surface area contributed by atoms with E-state index in [1.54, 1.807) is 4.90 Å². The van der Waals surface area contributed by atoms with Gasteiger partial charge in [-0.2, -0.15) is 0 Å². The first kappa shape index (κ1) is 11.6. The normalized spacial score (nSPS) is 32.9. The molecule has 2 saturated heterocycles. The number of amides is 3. The van der Waals surface area contributed by atoms with Crippen molar-refractivity contribution in [3.63, 3.8) is 0 Å². The van der Waals surface area contributed by atoms with Gasteiger partial charge in [0.15, 0.2) is 0 Å². The van der Waals surface area contributed by atoms with Gasteiger partial charge in [0.1, 0.15) is 6.04 Å². The minimum absolute atomic E-state index is 0.0106. The SMILES string of the molecule is O=C1CCC(N2CCC(NC3CC3)C2=O)C(=O)N1. The first-order valence-electron chi connectivity index (χ1n) is 6.55. The Morgan fingerprint density at radius 1 is 1.11 bits per heavy atom. The van der Waals surface area contributed by atoms with Crippen LogP contribution in [0.5, 0.6) is 0 Å². The average molecular weight is 251 g/mol. The molecule has 2 aliphatic heterocycles. The molecule has 2 atom stereocenters. The van der Waals surface area contributed by atoms with E-state index in [1.807, 2.05) is 0 Å². The molecule has 2 heterocycles. The van der Waals surface area contributed by atoms with Crippen molar-refractivity contribution in [3.05, 3.63) is 0 Å². The van der Waals surface area contributed by atoms with Crippen LogP contribution < -0.4 is 10.6 Å². The molecule has 0 aromatic carbocycles. The zero-order valence-corrected chi connectivity index (χ0v) is 10.1. The van der Waals surface area contributed by atoms with Crippen molar-refractivity contribution in [2.24, 2.45) is 0 Å². The van der Waals surface area contributed by atoms with E-state index in [9.17, 15) is 14.4 Å². The molecule has 3 amide bonds. The maximum atomic E-state index is 12.2. The molecule has 1 saturated carbocycles. The lowest BCUT2D eigenvalue weighted by molar-refractivity contribution is -0.144. The second-order valence-corrected chi connectivity index (χ2v) is 5.28. The van der Waals surface area contributed by atoms with Crippen molar-refractivity contribution in [2.75, 3.05) is 6.54 Å². The predicted molar refractivity (Wildman–Crippen MR) is 62.4 cm³/mol. The Bertz CT molecular complexity index is 405. The molecule has 98 valence electrons. The van der Waals surface area contributed by atoms with Crippen molar-refractivity contribution >= 4 is 17.7 Å². The highest BCUT2D eigenvalue weighted by molar-refractivity contribution is 6.02. The summed E-state index contributed by atoms with van der Waals surface area (Å²) >= 11 is 0. The molecule has 6 heteroatoms. The highest BCUT2D eigenvalue weighted by atomic mass is 16.2. The molecule has 0 radical (unpaired) electrons. The molecule has 3 aliphatic rings. The molecule has 3 fully saturated rings. The summed E-state index contributed by atoms with van der Waals surface area (Å²) in [4.78, 5) is 36.6. The summed E-state index contributed by atoms with van der Waals surface area (Å²) < 4.78 is 0. The van der Waals surface area contributed by atoms with E-state index in [1.165, 1.54) is 0 Å². The number of hydrogen-bond donors (Lipinski definition) is 2. The maximum absolute atomic E-state index is 12.2. The summed E-state index contributed by atoms with van der Waals surface area (Å²) in [5.74, 6) is -0.557. The monoisotopic (exact) mass is 251 g/mol. The molecule has 0 aromatic rings. The van der Waals surface area contributed by atoms with Crippen LogP contribution in [0.2, 0.25) is 0 Å². The summed E-state index contributed by atoms with van der Waals surface area (Å²) in [6.07, 6.45) is 3.81. The van der Waals surface area contributed by atoms with E-state index in [4.69, 9.17) is 0 Å². The van der Waals surface area contributed by atoms with Crippen LogP contribution in [0.1, 0.15) is 32.1 Å². The molecule has 6 nitrogen and oxygen atoms in total. The number of carbonyl (C=O) groups is 3. The van der Waals surface area contributed by atoms with Crippen LogP contribution in [0.25, 0.3) is 0 Å². The van der Waals surface area contributed by atoms with Crippen molar-refractivity contribution in [2.45, 2.75) is 50.2 Å². The van der Waals surface area contributed by atoms with Gasteiger partial charge in [0.2, 0.25) is 17.7 Å². The van der Waals surface area contributed by atoms with E-state index in [0.717, 1.165) is 19.3 Å². The third-order valence-electron chi connectivity index (χ3n) is 3.84. The molecular weight excluding hydrogens is 234 g/mol. The van der Waals surface area contributed by atoms with Crippen LogP contribution >= 0.6 is 0 Å². The number of imide groups is 1. The molecule has 1 aliphatic carbocycles. The molecule has 0 spiro atoms. The van der Waals surface area contributed by atoms with E-state index < -0.39 is 6.04 Å². The van der Waals surface area contributed by atoms with Gasteiger partial charge in [0.05, 0.1) is 6.04 Å². The number of piperidine rings is 1. The van der Waals surface area contributed by atoms with Gasteiger partial charge in [-0.3, -0.25) is 19.7 Å². The predicted octanol–water partition coefficient (Wildman–Crippen LogP) is -0.855. The van der Waals surface area contributed by atoms with Gasteiger partial charge >= 0.3 is 0 Å². The molecule has 0 aromatic heterocycles. The number of nitrogens with one attached hydrogen (secondary N) is 2. The third kappa shape index (κ3) is 2.12. The highest BCUT2D eigenvalue weighted by Gasteiger charge is 2.42. The van der Waals surface area contributed by atoms with Crippen molar-refractivity contribution in [1.29, 1.82) is 0 Å². The van der Waals surface area contributed by atoms with Crippen molar-refractivity contribution in [1.82, 2.24) is 15.5 Å². The zero-order chi connectivity index (χ0) is 12.7. The topological polar surface area (TPSA) is 78.5 Å². The lowest BCUT2D eigenvalue weighted by atomic mass is 10.0. The molecule has 18 heavy (non-hydrogen) atoms. The van der Waals surface area contributed by atoms with Gasteiger partial charge < -0.3 is 10.2 Å². The smallest absolute Gasteiger partial charge is 0.249 e. The largest absolute Gasteiger partial charge is 0.329 e. The number of rotatable bonds is 3. The van der Waals surface area contributed by atoms with E-state index in [-0.39, 0.29) is 23.8 Å².